The molecule has 0 aromatic heterocycles. The van der Waals surface area contributed by atoms with Crippen molar-refractivity contribution in [2.24, 2.45) is 0 Å². The van der Waals surface area contributed by atoms with Crippen LogP contribution in [0.1, 0.15) is 28.3 Å². The van der Waals surface area contributed by atoms with Crippen molar-refractivity contribution in [3.63, 3.8) is 0 Å². The van der Waals surface area contributed by atoms with Crippen LogP contribution in [-0.2, 0) is 4.79 Å². The molecule has 0 saturated carbocycles. The van der Waals surface area contributed by atoms with Crippen molar-refractivity contribution < 1.29 is 19.8 Å². The number of carboxylic acid groups (broad SMARTS) is 2. The van der Waals surface area contributed by atoms with E-state index in [1.54, 1.807) is 24.3 Å². The van der Waals surface area contributed by atoms with E-state index < -0.39 is 17.9 Å². The van der Waals surface area contributed by atoms with Gasteiger partial charge in [-0.25, -0.2) is 9.59 Å². The summed E-state index contributed by atoms with van der Waals surface area (Å²) in [6.45, 7) is 0. The zero-order valence-corrected chi connectivity index (χ0v) is 9.54. The number of aromatic carboxylic acids is 1. The quantitative estimate of drug-likeness (QED) is 0.856. The fourth-order valence-electron chi connectivity index (χ4n) is 2.14. The highest BCUT2D eigenvalue weighted by Gasteiger charge is 2.26. The van der Waals surface area contributed by atoms with Gasteiger partial charge in [0.25, 0.3) is 0 Å². The van der Waals surface area contributed by atoms with Gasteiger partial charge in [0.05, 0.1) is 5.56 Å². The molecule has 4 nitrogen and oxygen atoms in total. The van der Waals surface area contributed by atoms with E-state index in [1.807, 2.05) is 6.08 Å². The molecule has 2 rings (SSSR count). The highest BCUT2D eigenvalue weighted by atomic mass is 16.4. The van der Waals surface area contributed by atoms with E-state index in [-0.39, 0.29) is 11.1 Å². The van der Waals surface area contributed by atoms with Gasteiger partial charge in [-0.15, -0.1) is 0 Å². The van der Waals surface area contributed by atoms with Gasteiger partial charge >= 0.3 is 11.9 Å². The van der Waals surface area contributed by atoms with Gasteiger partial charge in [-0.3, -0.25) is 0 Å². The Morgan fingerprint density at radius 2 is 1.83 bits per heavy atom. The van der Waals surface area contributed by atoms with E-state index in [4.69, 9.17) is 10.2 Å². The second kappa shape index (κ2) is 4.87. The van der Waals surface area contributed by atoms with Crippen LogP contribution in [0, 0.1) is 0 Å². The lowest BCUT2D eigenvalue weighted by Gasteiger charge is -2.20. The number of rotatable bonds is 3. The van der Waals surface area contributed by atoms with Gasteiger partial charge in [0.2, 0.25) is 0 Å². The van der Waals surface area contributed by atoms with Crippen molar-refractivity contribution in [1.82, 2.24) is 0 Å². The van der Waals surface area contributed by atoms with Crippen molar-refractivity contribution >= 4 is 11.9 Å². The molecule has 4 heteroatoms. The maximum Gasteiger partial charge on any atom is 0.335 e. The summed E-state index contributed by atoms with van der Waals surface area (Å²) >= 11 is 0. The minimum Gasteiger partial charge on any atom is -0.478 e. The first-order valence-corrected chi connectivity index (χ1v) is 5.53. The van der Waals surface area contributed by atoms with E-state index in [9.17, 15) is 9.59 Å². The zero-order chi connectivity index (χ0) is 13.1. The fraction of sp³-hybridized carbons (Fsp3) is 0.143. The summed E-state index contributed by atoms with van der Waals surface area (Å²) in [5, 5.41) is 18.3. The normalized spacial score (nSPS) is 18.2. The van der Waals surface area contributed by atoms with E-state index in [1.165, 1.54) is 12.1 Å². The Hall–Kier alpha value is -2.36. The van der Waals surface area contributed by atoms with E-state index in [0.29, 0.717) is 12.0 Å². The van der Waals surface area contributed by atoms with Gasteiger partial charge in [-0.1, -0.05) is 36.4 Å². The Balaban J connectivity index is 2.49. The molecule has 0 radical (unpaired) electrons. The van der Waals surface area contributed by atoms with Crippen LogP contribution in [0.15, 0.2) is 48.1 Å². The van der Waals surface area contributed by atoms with Gasteiger partial charge < -0.3 is 10.2 Å². The van der Waals surface area contributed by atoms with Crippen LogP contribution in [0.25, 0.3) is 0 Å². The average Bonchev–Trinajstić information content (AvgIpc) is 2.38. The molecule has 0 spiro atoms. The molecule has 92 valence electrons. The fourth-order valence-corrected chi connectivity index (χ4v) is 2.14. The van der Waals surface area contributed by atoms with Crippen LogP contribution in [0.2, 0.25) is 0 Å². The van der Waals surface area contributed by atoms with E-state index >= 15 is 0 Å². The Morgan fingerprint density at radius 3 is 2.50 bits per heavy atom. The summed E-state index contributed by atoms with van der Waals surface area (Å²) in [4.78, 5) is 22.3. The molecule has 0 aliphatic heterocycles. The third-order valence-corrected chi connectivity index (χ3v) is 2.97. The average molecular weight is 244 g/mol. The van der Waals surface area contributed by atoms with Crippen molar-refractivity contribution in [2.75, 3.05) is 0 Å². The van der Waals surface area contributed by atoms with Gasteiger partial charge in [0.1, 0.15) is 0 Å². The van der Waals surface area contributed by atoms with Crippen LogP contribution in [-0.4, -0.2) is 22.2 Å². The highest BCUT2D eigenvalue weighted by molar-refractivity contribution is 5.93. The molecule has 0 saturated heterocycles. The number of allylic oxidation sites excluding steroid dienone is 3. The lowest BCUT2D eigenvalue weighted by atomic mass is 9.83. The van der Waals surface area contributed by atoms with Crippen LogP contribution in [0.5, 0.6) is 0 Å². The summed E-state index contributed by atoms with van der Waals surface area (Å²) in [6, 6.07) is 6.52. The molecule has 2 N–H and O–H groups in total. The molecule has 1 aliphatic carbocycles. The van der Waals surface area contributed by atoms with Crippen LogP contribution < -0.4 is 0 Å². The second-order valence-corrected chi connectivity index (χ2v) is 4.04. The summed E-state index contributed by atoms with van der Waals surface area (Å²) in [6.07, 6.45) is 5.55. The Labute approximate surface area is 104 Å². The van der Waals surface area contributed by atoms with Gasteiger partial charge in [-0.05, 0) is 18.1 Å². The highest BCUT2D eigenvalue weighted by Crippen LogP contribution is 2.33. The SMILES string of the molecule is O=C(O)C1=CC=CCC1c1ccccc1C(=O)O. The minimum atomic E-state index is -1.04. The summed E-state index contributed by atoms with van der Waals surface area (Å²) in [5.74, 6) is -2.45. The van der Waals surface area contributed by atoms with Crippen LogP contribution >= 0.6 is 0 Å². The molecular formula is C14H12O4. The zero-order valence-electron chi connectivity index (χ0n) is 9.54. The molecule has 0 heterocycles. The number of carbonyl (C=O) groups is 2. The van der Waals surface area contributed by atoms with Crippen molar-refractivity contribution in [3.8, 4) is 0 Å². The third-order valence-electron chi connectivity index (χ3n) is 2.97. The largest absolute Gasteiger partial charge is 0.478 e. The summed E-state index contributed by atoms with van der Waals surface area (Å²) < 4.78 is 0. The monoisotopic (exact) mass is 244 g/mol. The predicted octanol–water partition coefficient (Wildman–Crippen LogP) is 2.44. The molecule has 1 aliphatic rings. The number of aliphatic carboxylic acids is 1. The maximum absolute atomic E-state index is 11.2. The molecular weight excluding hydrogens is 232 g/mol. The molecule has 0 fully saturated rings. The smallest absolute Gasteiger partial charge is 0.335 e. The topological polar surface area (TPSA) is 74.6 Å². The van der Waals surface area contributed by atoms with Crippen molar-refractivity contribution in [2.45, 2.75) is 12.3 Å². The molecule has 1 aromatic carbocycles. The third kappa shape index (κ3) is 2.18. The van der Waals surface area contributed by atoms with Gasteiger partial charge in [0, 0.05) is 11.5 Å². The minimum absolute atomic E-state index is 0.157. The number of hydrogen-bond donors (Lipinski definition) is 2. The molecule has 1 aromatic rings. The molecule has 18 heavy (non-hydrogen) atoms. The van der Waals surface area contributed by atoms with Crippen molar-refractivity contribution in [1.29, 1.82) is 0 Å². The summed E-state index contributed by atoms with van der Waals surface area (Å²) in [5.41, 5.74) is 0.930. The van der Waals surface area contributed by atoms with Crippen molar-refractivity contribution in [3.05, 3.63) is 59.2 Å². The van der Waals surface area contributed by atoms with Gasteiger partial charge in [-0.2, -0.15) is 0 Å². The Kier molecular flexibility index (Phi) is 3.28. The first-order valence-electron chi connectivity index (χ1n) is 5.53. The molecule has 1 atom stereocenters. The predicted molar refractivity (Wildman–Crippen MR) is 65.6 cm³/mol. The first kappa shape index (κ1) is 12.1. The second-order valence-electron chi connectivity index (χ2n) is 4.04. The molecule has 0 amide bonds. The van der Waals surface area contributed by atoms with Crippen LogP contribution in [0.4, 0.5) is 0 Å². The molecule has 0 bridgehead atoms. The Morgan fingerprint density at radius 1 is 1.11 bits per heavy atom. The number of hydrogen-bond acceptors (Lipinski definition) is 2. The Bertz CT molecular complexity index is 555. The lowest BCUT2D eigenvalue weighted by Crippen LogP contribution is -2.15. The van der Waals surface area contributed by atoms with Gasteiger partial charge in [0.15, 0.2) is 0 Å². The first-order chi connectivity index (χ1) is 8.61. The number of carboxylic acids is 2. The molecule has 1 unspecified atom stereocenters. The van der Waals surface area contributed by atoms with Crippen LogP contribution in [0.3, 0.4) is 0 Å². The van der Waals surface area contributed by atoms with E-state index in [0.717, 1.165) is 0 Å². The van der Waals surface area contributed by atoms with E-state index in [2.05, 4.69) is 0 Å². The summed E-state index contributed by atoms with van der Waals surface area (Å²) in [7, 11) is 0. The standard InChI is InChI=1S/C14H12O4/c15-13(16)11-7-3-1-5-9(11)10-6-2-4-8-12(10)14(17)18/h1-5,7-8,10H,6H2,(H,15,16)(H,17,18). The lowest BCUT2D eigenvalue weighted by molar-refractivity contribution is -0.133. The maximum atomic E-state index is 11.2. The number of benzene rings is 1.